The summed E-state index contributed by atoms with van der Waals surface area (Å²) >= 11 is 0. The Morgan fingerprint density at radius 3 is 3.08 bits per heavy atom. The number of allylic oxidation sites excluding steroid dienone is 1. The van der Waals surface area contributed by atoms with Gasteiger partial charge in [-0.05, 0) is 24.5 Å². The number of rotatable bonds is 2. The molecule has 2 aliphatic heterocycles. The maximum Gasteiger partial charge on any atom is 0.138 e. The summed E-state index contributed by atoms with van der Waals surface area (Å²) in [6, 6.07) is 2.15. The van der Waals surface area contributed by atoms with Gasteiger partial charge in [-0.25, -0.2) is 0 Å². The number of fused-ring (bicyclic) bond motifs is 2. The van der Waals surface area contributed by atoms with Crippen LogP contribution in [0.25, 0.3) is 0 Å². The van der Waals surface area contributed by atoms with Gasteiger partial charge in [0, 0.05) is 13.1 Å². The first kappa shape index (κ1) is 8.54. The second kappa shape index (κ2) is 3.36. The summed E-state index contributed by atoms with van der Waals surface area (Å²) in [7, 11) is 1.53. The Labute approximate surface area is 77.7 Å². The molecule has 2 rings (SSSR count). The predicted molar refractivity (Wildman–Crippen MR) is 47.3 cm³/mol. The Hall–Kier alpha value is -1.05. The Balaban J connectivity index is 2.18. The van der Waals surface area contributed by atoms with Crippen LogP contribution in [0.2, 0.25) is 0 Å². The molecule has 1 N–H and O–H groups in total. The first-order chi connectivity index (χ1) is 6.35. The van der Waals surface area contributed by atoms with Crippen LogP contribution in [0.15, 0.2) is 11.3 Å². The van der Waals surface area contributed by atoms with Crippen molar-refractivity contribution < 1.29 is 4.84 Å². The number of piperidine rings is 1. The molecule has 0 aliphatic carbocycles. The lowest BCUT2D eigenvalue weighted by molar-refractivity contribution is 0.120. The molecule has 0 spiro atoms. The molecule has 4 nitrogen and oxygen atoms in total. The van der Waals surface area contributed by atoms with Crippen LogP contribution in [0.3, 0.4) is 0 Å². The molecule has 2 saturated heterocycles. The minimum absolute atomic E-state index is 0.581. The summed E-state index contributed by atoms with van der Waals surface area (Å²) in [6.45, 7) is 3.23. The van der Waals surface area contributed by atoms with E-state index in [1.165, 1.54) is 25.6 Å². The number of hydrogen-bond donors (Lipinski definition) is 1. The van der Waals surface area contributed by atoms with Crippen molar-refractivity contribution in [2.24, 2.45) is 5.92 Å². The molecule has 0 amide bonds. The molecule has 2 aliphatic rings. The summed E-state index contributed by atoms with van der Waals surface area (Å²) in [5.41, 5.74) is 4.48. The summed E-state index contributed by atoms with van der Waals surface area (Å²) in [4.78, 5) is 7.14. The van der Waals surface area contributed by atoms with Gasteiger partial charge in [-0.3, -0.25) is 15.2 Å². The van der Waals surface area contributed by atoms with E-state index in [1.54, 1.807) is 0 Å². The van der Waals surface area contributed by atoms with Gasteiger partial charge < -0.3 is 0 Å². The van der Waals surface area contributed by atoms with E-state index in [4.69, 9.17) is 10.1 Å². The van der Waals surface area contributed by atoms with Gasteiger partial charge in [0.05, 0.1) is 7.11 Å². The van der Waals surface area contributed by atoms with E-state index >= 15 is 0 Å². The Kier molecular flexibility index (Phi) is 2.21. The van der Waals surface area contributed by atoms with Gasteiger partial charge in [0.2, 0.25) is 0 Å². The third-order valence-corrected chi connectivity index (χ3v) is 2.80. The summed E-state index contributed by atoms with van der Waals surface area (Å²) in [6.07, 6.45) is 1.19. The van der Waals surface area contributed by atoms with Gasteiger partial charge in [0.25, 0.3) is 0 Å². The van der Waals surface area contributed by atoms with Crippen LogP contribution >= 0.6 is 0 Å². The largest absolute Gasteiger partial charge is 0.299 e. The summed E-state index contributed by atoms with van der Waals surface area (Å²) < 4.78 is 0. The van der Waals surface area contributed by atoms with Gasteiger partial charge in [0.15, 0.2) is 0 Å². The lowest BCUT2D eigenvalue weighted by Gasteiger charge is -2.16. The fourth-order valence-corrected chi connectivity index (χ4v) is 2.18. The highest BCUT2D eigenvalue weighted by Gasteiger charge is 2.35. The molecule has 2 fully saturated rings. The third kappa shape index (κ3) is 1.41. The third-order valence-electron chi connectivity index (χ3n) is 2.80. The zero-order chi connectivity index (χ0) is 9.26. The van der Waals surface area contributed by atoms with Crippen LogP contribution < -0.4 is 5.48 Å². The van der Waals surface area contributed by atoms with E-state index in [9.17, 15) is 0 Å². The van der Waals surface area contributed by atoms with Gasteiger partial charge >= 0.3 is 0 Å². The highest BCUT2D eigenvalue weighted by Crippen LogP contribution is 2.33. The Morgan fingerprint density at radius 1 is 1.77 bits per heavy atom. The number of hydroxylamine groups is 1. The zero-order valence-electron chi connectivity index (χ0n) is 7.71. The van der Waals surface area contributed by atoms with Crippen LogP contribution in [0, 0.1) is 17.2 Å². The lowest BCUT2D eigenvalue weighted by atomic mass is 9.98. The molecule has 0 aromatic rings. The minimum Gasteiger partial charge on any atom is -0.299 e. The second-order valence-corrected chi connectivity index (χ2v) is 3.54. The van der Waals surface area contributed by atoms with Crippen molar-refractivity contribution in [1.29, 1.82) is 5.26 Å². The molecular formula is C9H13N3O. The molecule has 0 saturated carbocycles. The first-order valence-corrected chi connectivity index (χ1v) is 4.49. The lowest BCUT2D eigenvalue weighted by Crippen LogP contribution is -2.22. The molecule has 4 heteroatoms. The maximum absolute atomic E-state index is 8.88. The molecule has 2 bridgehead atoms. The van der Waals surface area contributed by atoms with Crippen LogP contribution in [-0.4, -0.2) is 31.6 Å². The van der Waals surface area contributed by atoms with Crippen molar-refractivity contribution in [2.45, 2.75) is 6.42 Å². The molecule has 2 heterocycles. The molecular weight excluding hydrogens is 166 g/mol. The standard InChI is InChI=1S/C9H13N3O/c1-13-11-9(4-10)8-6-12-3-2-7(8)5-12/h7,11H,2-3,5-6H2,1H3. The van der Waals surface area contributed by atoms with E-state index in [0.29, 0.717) is 11.6 Å². The van der Waals surface area contributed by atoms with Crippen LogP contribution in [-0.2, 0) is 4.84 Å². The normalized spacial score (nSPS) is 34.5. The monoisotopic (exact) mass is 179 g/mol. The highest BCUT2D eigenvalue weighted by atomic mass is 16.6. The van der Waals surface area contributed by atoms with E-state index in [0.717, 1.165) is 13.1 Å². The SMILES string of the molecule is CONC(C#N)=C1CN2CCC1C2. The van der Waals surface area contributed by atoms with Crippen LogP contribution in [0.1, 0.15) is 6.42 Å². The van der Waals surface area contributed by atoms with Crippen molar-refractivity contribution in [3.8, 4) is 6.07 Å². The molecule has 0 aromatic heterocycles. The quantitative estimate of drug-likeness (QED) is 0.487. The summed E-state index contributed by atoms with van der Waals surface area (Å²) in [5, 5.41) is 8.88. The van der Waals surface area contributed by atoms with Gasteiger partial charge in [-0.15, -0.1) is 0 Å². The smallest absolute Gasteiger partial charge is 0.138 e. The Morgan fingerprint density at radius 2 is 2.62 bits per heavy atom. The van der Waals surface area contributed by atoms with Crippen molar-refractivity contribution >= 4 is 0 Å². The first-order valence-electron chi connectivity index (χ1n) is 4.49. The average molecular weight is 179 g/mol. The molecule has 0 aromatic carbocycles. The topological polar surface area (TPSA) is 48.3 Å². The number of nitrogens with one attached hydrogen (secondary N) is 1. The van der Waals surface area contributed by atoms with Gasteiger partial charge in [0.1, 0.15) is 11.8 Å². The molecule has 2 atom stereocenters. The van der Waals surface area contributed by atoms with Crippen molar-refractivity contribution in [1.82, 2.24) is 10.4 Å². The fraction of sp³-hybridized carbons (Fsp3) is 0.667. The molecule has 2 unspecified atom stereocenters. The van der Waals surface area contributed by atoms with Crippen molar-refractivity contribution in [3.05, 3.63) is 11.3 Å². The molecule has 70 valence electrons. The molecule has 0 radical (unpaired) electrons. The van der Waals surface area contributed by atoms with E-state index in [1.807, 2.05) is 0 Å². The van der Waals surface area contributed by atoms with Crippen LogP contribution in [0.5, 0.6) is 0 Å². The average Bonchev–Trinajstić information content (AvgIpc) is 2.74. The van der Waals surface area contributed by atoms with Gasteiger partial charge in [-0.2, -0.15) is 5.26 Å². The fourth-order valence-electron chi connectivity index (χ4n) is 2.18. The maximum atomic E-state index is 8.88. The zero-order valence-corrected chi connectivity index (χ0v) is 7.71. The van der Waals surface area contributed by atoms with E-state index in [-0.39, 0.29) is 0 Å². The predicted octanol–water partition coefficient (Wildman–Crippen LogP) is 0.251. The van der Waals surface area contributed by atoms with E-state index in [2.05, 4.69) is 16.4 Å². The Bertz CT molecular complexity index is 279. The van der Waals surface area contributed by atoms with Crippen molar-refractivity contribution in [3.63, 3.8) is 0 Å². The highest BCUT2D eigenvalue weighted by molar-refractivity contribution is 5.32. The minimum atomic E-state index is 0.581. The number of hydrogen-bond acceptors (Lipinski definition) is 4. The molecule has 13 heavy (non-hydrogen) atoms. The van der Waals surface area contributed by atoms with E-state index < -0.39 is 0 Å². The van der Waals surface area contributed by atoms with Crippen LogP contribution in [0.4, 0.5) is 0 Å². The number of nitriles is 1. The number of nitrogens with zero attached hydrogens (tertiary/aromatic N) is 2. The van der Waals surface area contributed by atoms with Gasteiger partial charge in [-0.1, -0.05) is 0 Å². The second-order valence-electron chi connectivity index (χ2n) is 3.54. The van der Waals surface area contributed by atoms with Crippen molar-refractivity contribution in [2.75, 3.05) is 26.7 Å². The summed E-state index contributed by atoms with van der Waals surface area (Å²) in [5.74, 6) is 0.581.